The lowest BCUT2D eigenvalue weighted by Crippen LogP contribution is -2.34. The highest BCUT2D eigenvalue weighted by Crippen LogP contribution is 2.40. The van der Waals surface area contributed by atoms with Crippen molar-refractivity contribution in [2.45, 2.75) is 51.1 Å². The minimum Gasteiger partial charge on any atom is -0.481 e. The van der Waals surface area contributed by atoms with Gasteiger partial charge in [-0.05, 0) is 88.2 Å². The first-order chi connectivity index (χ1) is 21.2. The molecule has 2 amide bonds. The van der Waals surface area contributed by atoms with Gasteiger partial charge in [-0.1, -0.05) is 85.1 Å². The third-order valence-electron chi connectivity index (χ3n) is 8.14. The maximum absolute atomic E-state index is 14.5. The minimum absolute atomic E-state index is 0.0468. The monoisotopic (exact) mass is 628 g/mol. The van der Waals surface area contributed by atoms with Crippen molar-refractivity contribution in [2.75, 3.05) is 6.54 Å². The Morgan fingerprint density at radius 2 is 1.39 bits per heavy atom. The number of fused-ring (bicyclic) bond motifs is 1. The zero-order chi connectivity index (χ0) is 31.2. The van der Waals surface area contributed by atoms with Gasteiger partial charge in [0, 0.05) is 35.2 Å². The largest absolute Gasteiger partial charge is 0.481 e. The quantitative estimate of drug-likeness (QED) is 0.176. The molecule has 4 aromatic carbocycles. The average Bonchev–Trinajstić information content (AvgIpc) is 3.45. The van der Waals surface area contributed by atoms with Crippen molar-refractivity contribution in [1.29, 1.82) is 0 Å². The highest BCUT2D eigenvalue weighted by atomic mass is 35.5. The molecule has 6 nitrogen and oxygen atoms in total. The third-order valence-corrected chi connectivity index (χ3v) is 8.64. The SMILES string of the molecule is CCCC(c1ccc(C(=O)NCCC(=O)O)cc1)C(C(=O)N1Cc2ccc(-c3ccc(Cl)cc3)cc2C1)c1ccc(Cl)cc1. The maximum Gasteiger partial charge on any atom is 0.305 e. The number of hydrogen-bond donors (Lipinski definition) is 2. The van der Waals surface area contributed by atoms with Gasteiger partial charge in [-0.25, -0.2) is 0 Å². The zero-order valence-corrected chi connectivity index (χ0v) is 25.9. The fraction of sp³-hybridized carbons (Fsp3) is 0.250. The number of hydrogen-bond acceptors (Lipinski definition) is 3. The Bertz CT molecular complexity index is 1640. The van der Waals surface area contributed by atoms with Crippen LogP contribution in [0.15, 0.2) is 91.0 Å². The summed E-state index contributed by atoms with van der Waals surface area (Å²) in [6.07, 6.45) is 1.49. The number of carbonyl (C=O) groups is 3. The van der Waals surface area contributed by atoms with Crippen LogP contribution in [-0.4, -0.2) is 34.3 Å². The van der Waals surface area contributed by atoms with E-state index in [-0.39, 0.29) is 30.7 Å². The van der Waals surface area contributed by atoms with Crippen molar-refractivity contribution < 1.29 is 19.5 Å². The van der Waals surface area contributed by atoms with E-state index >= 15 is 0 Å². The molecular weight excluding hydrogens is 595 g/mol. The standard InChI is InChI=1S/C36H34Cl2N2O4/c1-2-3-32(24-4-6-26(7-5-24)35(43)39-19-18-33(41)42)34(25-12-16-31(38)17-13-25)36(44)40-21-28-9-8-27(20-29(28)22-40)23-10-14-30(37)15-11-23/h4-17,20,32,34H,2-3,18-19,21-22H2,1H3,(H,39,43)(H,41,42). The second kappa shape index (κ2) is 14.1. The van der Waals surface area contributed by atoms with Crippen LogP contribution in [0, 0.1) is 0 Å². The van der Waals surface area contributed by atoms with Crippen LogP contribution in [0.3, 0.4) is 0 Å². The summed E-state index contributed by atoms with van der Waals surface area (Å²) in [5.41, 5.74) is 6.72. The molecule has 0 aliphatic carbocycles. The summed E-state index contributed by atoms with van der Waals surface area (Å²) >= 11 is 12.3. The van der Waals surface area contributed by atoms with Gasteiger partial charge in [0.05, 0.1) is 12.3 Å². The minimum atomic E-state index is -0.968. The molecule has 2 N–H and O–H groups in total. The Morgan fingerprint density at radius 1 is 0.795 bits per heavy atom. The van der Waals surface area contributed by atoms with E-state index in [1.807, 2.05) is 65.6 Å². The molecule has 2 atom stereocenters. The van der Waals surface area contributed by atoms with Crippen LogP contribution in [0.2, 0.25) is 10.0 Å². The van der Waals surface area contributed by atoms with Crippen LogP contribution in [0.25, 0.3) is 11.1 Å². The zero-order valence-electron chi connectivity index (χ0n) is 24.4. The first-order valence-corrected chi connectivity index (χ1v) is 15.5. The predicted octanol–water partition coefficient (Wildman–Crippen LogP) is 8.07. The van der Waals surface area contributed by atoms with Gasteiger partial charge in [-0.3, -0.25) is 14.4 Å². The molecule has 1 aliphatic heterocycles. The fourth-order valence-corrected chi connectivity index (χ4v) is 6.14. The number of carbonyl (C=O) groups excluding carboxylic acids is 2. The van der Waals surface area contributed by atoms with Crippen molar-refractivity contribution in [3.8, 4) is 11.1 Å². The Labute approximate surface area is 267 Å². The van der Waals surface area contributed by atoms with Crippen LogP contribution in [-0.2, 0) is 22.7 Å². The number of amides is 2. The predicted molar refractivity (Wildman–Crippen MR) is 174 cm³/mol. The van der Waals surface area contributed by atoms with Gasteiger partial charge in [0.15, 0.2) is 0 Å². The number of carboxylic acids is 1. The molecule has 4 aromatic rings. The Balaban J connectivity index is 1.41. The number of halogens is 2. The molecule has 1 aliphatic rings. The highest BCUT2D eigenvalue weighted by molar-refractivity contribution is 6.30. The van der Waals surface area contributed by atoms with Crippen LogP contribution in [0.4, 0.5) is 0 Å². The Kier molecular flexibility index (Phi) is 10.0. The molecule has 8 heteroatoms. The topological polar surface area (TPSA) is 86.7 Å². The molecule has 0 bridgehead atoms. The molecule has 0 fully saturated rings. The lowest BCUT2D eigenvalue weighted by molar-refractivity contribution is -0.137. The lowest BCUT2D eigenvalue weighted by Gasteiger charge is -2.31. The molecule has 0 aromatic heterocycles. The van der Waals surface area contributed by atoms with E-state index in [9.17, 15) is 14.4 Å². The van der Waals surface area contributed by atoms with Crippen molar-refractivity contribution >= 4 is 41.0 Å². The molecular formula is C36H34Cl2N2O4. The molecule has 0 radical (unpaired) electrons. The summed E-state index contributed by atoms with van der Waals surface area (Å²) in [6.45, 7) is 3.22. The Hall–Kier alpha value is -4.13. The normalized spacial score (nSPS) is 13.7. The summed E-state index contributed by atoms with van der Waals surface area (Å²) < 4.78 is 0. The van der Waals surface area contributed by atoms with Gasteiger partial charge in [-0.2, -0.15) is 0 Å². The molecule has 5 rings (SSSR count). The number of aliphatic carboxylic acids is 1. The van der Waals surface area contributed by atoms with E-state index in [1.54, 1.807) is 12.1 Å². The van der Waals surface area contributed by atoms with E-state index in [1.165, 1.54) is 0 Å². The van der Waals surface area contributed by atoms with E-state index < -0.39 is 11.9 Å². The molecule has 1 heterocycles. The molecule has 226 valence electrons. The van der Waals surface area contributed by atoms with E-state index in [4.69, 9.17) is 28.3 Å². The van der Waals surface area contributed by atoms with Crippen molar-refractivity contribution in [3.63, 3.8) is 0 Å². The van der Waals surface area contributed by atoms with Crippen molar-refractivity contribution in [2.24, 2.45) is 0 Å². The summed E-state index contributed by atoms with van der Waals surface area (Å²) in [6, 6.07) is 28.9. The second-order valence-corrected chi connectivity index (χ2v) is 12.0. The number of nitrogens with zero attached hydrogens (tertiary/aromatic N) is 1. The van der Waals surface area contributed by atoms with Crippen molar-refractivity contribution in [1.82, 2.24) is 10.2 Å². The number of benzene rings is 4. The van der Waals surface area contributed by atoms with E-state index in [0.29, 0.717) is 28.7 Å². The summed E-state index contributed by atoms with van der Waals surface area (Å²) in [5.74, 6) is -1.84. The van der Waals surface area contributed by atoms with Gasteiger partial charge in [-0.15, -0.1) is 0 Å². The fourth-order valence-electron chi connectivity index (χ4n) is 5.89. The van der Waals surface area contributed by atoms with Gasteiger partial charge in [0.2, 0.25) is 5.91 Å². The van der Waals surface area contributed by atoms with Gasteiger partial charge in [0.25, 0.3) is 5.91 Å². The Morgan fingerprint density at radius 3 is 2.02 bits per heavy atom. The van der Waals surface area contributed by atoms with Crippen LogP contribution < -0.4 is 5.32 Å². The maximum atomic E-state index is 14.5. The van der Waals surface area contributed by atoms with E-state index in [0.717, 1.165) is 46.2 Å². The number of rotatable bonds is 11. The molecule has 2 unspecified atom stereocenters. The molecule has 0 saturated carbocycles. The van der Waals surface area contributed by atoms with E-state index in [2.05, 4.69) is 30.4 Å². The average molecular weight is 630 g/mol. The van der Waals surface area contributed by atoms with Crippen LogP contribution in [0.5, 0.6) is 0 Å². The van der Waals surface area contributed by atoms with Gasteiger partial charge in [0.1, 0.15) is 0 Å². The highest BCUT2D eigenvalue weighted by Gasteiger charge is 2.36. The van der Waals surface area contributed by atoms with Crippen LogP contribution in [0.1, 0.15) is 70.6 Å². The molecule has 0 spiro atoms. The smallest absolute Gasteiger partial charge is 0.305 e. The lowest BCUT2D eigenvalue weighted by atomic mass is 9.77. The second-order valence-electron chi connectivity index (χ2n) is 11.1. The van der Waals surface area contributed by atoms with Crippen molar-refractivity contribution in [3.05, 3.63) is 129 Å². The summed E-state index contributed by atoms with van der Waals surface area (Å²) in [4.78, 5) is 39.8. The van der Waals surface area contributed by atoms with Crippen LogP contribution >= 0.6 is 23.2 Å². The third kappa shape index (κ3) is 7.32. The number of carboxylic acid groups (broad SMARTS) is 1. The van der Waals surface area contributed by atoms with Gasteiger partial charge < -0.3 is 15.3 Å². The number of nitrogens with one attached hydrogen (secondary N) is 1. The first-order valence-electron chi connectivity index (χ1n) is 14.8. The molecule has 44 heavy (non-hydrogen) atoms. The summed E-state index contributed by atoms with van der Waals surface area (Å²) in [5, 5.41) is 12.8. The van der Waals surface area contributed by atoms with Gasteiger partial charge >= 0.3 is 5.97 Å². The molecule has 0 saturated heterocycles. The summed E-state index contributed by atoms with van der Waals surface area (Å²) in [7, 11) is 0. The first kappa shape index (κ1) is 31.3.